The summed E-state index contributed by atoms with van der Waals surface area (Å²) < 4.78 is 0. The summed E-state index contributed by atoms with van der Waals surface area (Å²) in [7, 11) is 0. The summed E-state index contributed by atoms with van der Waals surface area (Å²) in [5, 5.41) is 10.2. The Balaban J connectivity index is 2.68. The van der Waals surface area contributed by atoms with E-state index in [9.17, 15) is 9.90 Å². The topological polar surface area (TPSA) is 37.3 Å². The molecule has 0 unspecified atom stereocenters. The van der Waals surface area contributed by atoms with Gasteiger partial charge in [-0.05, 0) is 18.3 Å². The molecule has 0 aromatic rings. The highest BCUT2D eigenvalue weighted by Crippen LogP contribution is 2.40. The number of hydrogen-bond acceptors (Lipinski definition) is 2. The van der Waals surface area contributed by atoms with Crippen LogP contribution in [0.3, 0.4) is 0 Å². The Hall–Kier alpha value is -0.370. The highest BCUT2D eigenvalue weighted by atomic mass is 16.3. The molecule has 0 bridgehead atoms. The average molecular weight is 170 g/mol. The first-order valence-corrected chi connectivity index (χ1v) is 4.59. The van der Waals surface area contributed by atoms with Crippen LogP contribution in [0.4, 0.5) is 0 Å². The number of carbonyl (C=O) groups is 1. The lowest BCUT2D eigenvalue weighted by Gasteiger charge is -2.42. The molecule has 70 valence electrons. The van der Waals surface area contributed by atoms with Gasteiger partial charge in [-0.3, -0.25) is 4.79 Å². The summed E-state index contributed by atoms with van der Waals surface area (Å²) in [4.78, 5) is 11.0. The zero-order chi connectivity index (χ0) is 9.41. The monoisotopic (exact) mass is 170 g/mol. The lowest BCUT2D eigenvalue weighted by molar-refractivity contribution is -0.133. The van der Waals surface area contributed by atoms with Gasteiger partial charge in [0, 0.05) is 12.8 Å². The van der Waals surface area contributed by atoms with Crippen molar-refractivity contribution in [3.63, 3.8) is 0 Å². The van der Waals surface area contributed by atoms with Crippen molar-refractivity contribution in [1.29, 1.82) is 0 Å². The van der Waals surface area contributed by atoms with Crippen LogP contribution < -0.4 is 0 Å². The second-order valence-electron chi connectivity index (χ2n) is 4.82. The van der Waals surface area contributed by atoms with Gasteiger partial charge in [0.1, 0.15) is 5.78 Å². The molecular weight excluding hydrogens is 152 g/mol. The number of rotatable bonds is 0. The Bertz CT molecular complexity index is 179. The van der Waals surface area contributed by atoms with Crippen molar-refractivity contribution in [2.45, 2.75) is 52.1 Å². The highest BCUT2D eigenvalue weighted by Gasteiger charge is 2.42. The third-order valence-electron chi connectivity index (χ3n) is 3.03. The van der Waals surface area contributed by atoms with E-state index < -0.39 is 5.60 Å². The number of carbonyl (C=O) groups excluding carboxylic acids is 1. The smallest absolute Gasteiger partial charge is 0.133 e. The van der Waals surface area contributed by atoms with Gasteiger partial charge in [0.25, 0.3) is 0 Å². The standard InChI is InChI=1S/C10H18O2/c1-9(2,3)10(12)6-4-8(11)5-7-10/h12H,4-7H2,1-3H3. The zero-order valence-corrected chi connectivity index (χ0v) is 8.18. The second-order valence-corrected chi connectivity index (χ2v) is 4.82. The molecule has 1 rings (SSSR count). The van der Waals surface area contributed by atoms with Crippen LogP contribution in [0.15, 0.2) is 0 Å². The molecule has 12 heavy (non-hydrogen) atoms. The van der Waals surface area contributed by atoms with Crippen molar-refractivity contribution in [3.8, 4) is 0 Å². The lowest BCUT2D eigenvalue weighted by Crippen LogP contribution is -2.45. The highest BCUT2D eigenvalue weighted by molar-refractivity contribution is 5.79. The van der Waals surface area contributed by atoms with Gasteiger partial charge in [-0.25, -0.2) is 0 Å². The van der Waals surface area contributed by atoms with E-state index in [1.165, 1.54) is 0 Å². The minimum absolute atomic E-state index is 0.103. The van der Waals surface area contributed by atoms with Crippen molar-refractivity contribution in [1.82, 2.24) is 0 Å². The maximum atomic E-state index is 11.0. The number of Topliss-reactive ketones (excluding diaryl/α,β-unsaturated/α-hetero) is 1. The molecule has 0 aliphatic heterocycles. The van der Waals surface area contributed by atoms with Crippen molar-refractivity contribution in [2.24, 2.45) is 5.41 Å². The molecule has 0 aromatic heterocycles. The average Bonchev–Trinajstić information content (AvgIpc) is 1.93. The van der Waals surface area contributed by atoms with E-state index in [-0.39, 0.29) is 5.41 Å². The van der Waals surface area contributed by atoms with E-state index in [4.69, 9.17) is 0 Å². The fraction of sp³-hybridized carbons (Fsp3) is 0.900. The molecule has 1 fully saturated rings. The van der Waals surface area contributed by atoms with Crippen LogP contribution in [0.2, 0.25) is 0 Å². The van der Waals surface area contributed by atoms with Gasteiger partial charge in [-0.2, -0.15) is 0 Å². The van der Waals surface area contributed by atoms with Gasteiger partial charge >= 0.3 is 0 Å². The van der Waals surface area contributed by atoms with Crippen molar-refractivity contribution in [3.05, 3.63) is 0 Å². The maximum absolute atomic E-state index is 11.0. The van der Waals surface area contributed by atoms with Crippen LogP contribution in [-0.4, -0.2) is 16.5 Å². The van der Waals surface area contributed by atoms with Gasteiger partial charge in [-0.1, -0.05) is 20.8 Å². The normalized spacial score (nSPS) is 24.2. The molecule has 0 spiro atoms. The van der Waals surface area contributed by atoms with Gasteiger partial charge in [-0.15, -0.1) is 0 Å². The predicted molar refractivity (Wildman–Crippen MR) is 47.9 cm³/mol. The first kappa shape index (κ1) is 9.72. The maximum Gasteiger partial charge on any atom is 0.133 e. The van der Waals surface area contributed by atoms with Crippen LogP contribution in [-0.2, 0) is 4.79 Å². The quantitative estimate of drug-likeness (QED) is 0.603. The molecule has 1 N–H and O–H groups in total. The Morgan fingerprint density at radius 2 is 1.67 bits per heavy atom. The van der Waals surface area contributed by atoms with E-state index in [2.05, 4.69) is 0 Å². The SMILES string of the molecule is CC(C)(C)C1(O)CCC(=O)CC1. The summed E-state index contributed by atoms with van der Waals surface area (Å²) in [5.41, 5.74) is -0.728. The second kappa shape index (κ2) is 2.84. The lowest BCUT2D eigenvalue weighted by atomic mass is 9.68. The molecule has 0 atom stereocenters. The Kier molecular flexibility index (Phi) is 2.30. The minimum Gasteiger partial charge on any atom is -0.389 e. The summed E-state index contributed by atoms with van der Waals surface area (Å²) in [6.07, 6.45) is 2.37. The van der Waals surface area contributed by atoms with Gasteiger partial charge < -0.3 is 5.11 Å². The molecule has 2 nitrogen and oxygen atoms in total. The predicted octanol–water partition coefficient (Wildman–Crippen LogP) is 1.91. The minimum atomic E-state index is -0.624. The molecule has 1 aliphatic rings. The summed E-state index contributed by atoms with van der Waals surface area (Å²) in [6, 6.07) is 0. The first-order chi connectivity index (χ1) is 5.35. The third-order valence-corrected chi connectivity index (χ3v) is 3.03. The van der Waals surface area contributed by atoms with Crippen LogP contribution in [0, 0.1) is 5.41 Å². The van der Waals surface area contributed by atoms with E-state index in [0.717, 1.165) is 0 Å². The van der Waals surface area contributed by atoms with Crippen molar-refractivity contribution < 1.29 is 9.90 Å². The van der Waals surface area contributed by atoms with Gasteiger partial charge in [0.05, 0.1) is 5.60 Å². The van der Waals surface area contributed by atoms with Gasteiger partial charge in [0.2, 0.25) is 0 Å². The fourth-order valence-corrected chi connectivity index (χ4v) is 1.69. The van der Waals surface area contributed by atoms with Crippen molar-refractivity contribution in [2.75, 3.05) is 0 Å². The van der Waals surface area contributed by atoms with E-state index >= 15 is 0 Å². The zero-order valence-electron chi connectivity index (χ0n) is 8.18. The largest absolute Gasteiger partial charge is 0.389 e. The number of aliphatic hydroxyl groups is 1. The molecular formula is C10H18O2. The first-order valence-electron chi connectivity index (χ1n) is 4.59. The molecule has 0 saturated heterocycles. The molecule has 0 aromatic carbocycles. The molecule has 1 aliphatic carbocycles. The van der Waals surface area contributed by atoms with E-state index in [1.807, 2.05) is 20.8 Å². The summed E-state index contributed by atoms with van der Waals surface area (Å²) in [6.45, 7) is 6.09. The molecule has 1 saturated carbocycles. The molecule has 0 radical (unpaired) electrons. The van der Waals surface area contributed by atoms with E-state index in [1.54, 1.807) is 0 Å². The molecule has 0 amide bonds. The molecule has 2 heteroatoms. The van der Waals surface area contributed by atoms with Crippen LogP contribution in [0.25, 0.3) is 0 Å². The Morgan fingerprint density at radius 3 is 2.00 bits per heavy atom. The van der Waals surface area contributed by atoms with Crippen LogP contribution >= 0.6 is 0 Å². The summed E-state index contributed by atoms with van der Waals surface area (Å²) in [5.74, 6) is 0.295. The van der Waals surface area contributed by atoms with E-state index in [0.29, 0.717) is 31.5 Å². The van der Waals surface area contributed by atoms with Crippen molar-refractivity contribution >= 4 is 5.78 Å². The molecule has 0 heterocycles. The fourth-order valence-electron chi connectivity index (χ4n) is 1.69. The van der Waals surface area contributed by atoms with Crippen LogP contribution in [0.5, 0.6) is 0 Å². The Morgan fingerprint density at radius 1 is 1.25 bits per heavy atom. The van der Waals surface area contributed by atoms with Gasteiger partial charge in [0.15, 0.2) is 0 Å². The summed E-state index contributed by atoms with van der Waals surface area (Å²) >= 11 is 0. The third kappa shape index (κ3) is 1.69. The number of hydrogen-bond donors (Lipinski definition) is 1. The number of ketones is 1. The van der Waals surface area contributed by atoms with Crippen LogP contribution in [0.1, 0.15) is 46.5 Å². The Labute approximate surface area is 74.0 Å².